The summed E-state index contributed by atoms with van der Waals surface area (Å²) in [6, 6.07) is 0. The number of methoxy groups -OCH3 is 1. The molecule has 3 rings (SSSR count). The SMILES string of the molecule is COC(=O)c1c(NC(=O)C[NH+]2CCC(C)CC2)sc2c1CC[C@H](C)C2. The largest absolute Gasteiger partial charge is 0.465 e. The molecule has 5 nitrogen and oxygen atoms in total. The molecule has 2 aliphatic rings. The lowest BCUT2D eigenvalue weighted by molar-refractivity contribution is -0.897. The van der Waals surface area contributed by atoms with Crippen LogP contribution in [0.5, 0.6) is 0 Å². The molecule has 1 aliphatic carbocycles. The third kappa shape index (κ3) is 4.23. The minimum Gasteiger partial charge on any atom is -0.465 e. The number of hydrogen-bond donors (Lipinski definition) is 2. The summed E-state index contributed by atoms with van der Waals surface area (Å²) in [6.07, 6.45) is 5.32. The van der Waals surface area contributed by atoms with Gasteiger partial charge in [-0.25, -0.2) is 4.79 Å². The van der Waals surface area contributed by atoms with Crippen molar-refractivity contribution in [3.05, 3.63) is 16.0 Å². The number of esters is 1. The summed E-state index contributed by atoms with van der Waals surface area (Å²) in [5.74, 6) is 1.06. The Hall–Kier alpha value is -1.40. The van der Waals surface area contributed by atoms with Crippen molar-refractivity contribution in [1.29, 1.82) is 0 Å². The molecule has 0 bridgehead atoms. The predicted molar refractivity (Wildman–Crippen MR) is 99.4 cm³/mol. The van der Waals surface area contributed by atoms with Gasteiger partial charge in [0.05, 0.1) is 25.8 Å². The van der Waals surface area contributed by atoms with Crippen molar-refractivity contribution in [2.24, 2.45) is 11.8 Å². The van der Waals surface area contributed by atoms with Gasteiger partial charge in [0.2, 0.25) is 0 Å². The van der Waals surface area contributed by atoms with Gasteiger partial charge in [0.25, 0.3) is 5.91 Å². The van der Waals surface area contributed by atoms with Crippen LogP contribution in [-0.4, -0.2) is 38.6 Å². The van der Waals surface area contributed by atoms with E-state index in [0.717, 1.165) is 43.8 Å². The molecular weight excluding hydrogens is 336 g/mol. The number of quaternary nitrogens is 1. The molecule has 0 spiro atoms. The second kappa shape index (κ2) is 7.87. The lowest BCUT2D eigenvalue weighted by Crippen LogP contribution is -3.14. The number of carbonyl (C=O) groups excluding carboxylic acids is 2. The standard InChI is InChI=1S/C19H28N2O3S/c1-12-6-8-21(9-7-12)11-16(22)20-18-17(19(23)24-3)14-5-4-13(2)10-15(14)25-18/h12-13H,4-11H2,1-3H3,(H,20,22)/p+1/t13-/m0/s1. The highest BCUT2D eigenvalue weighted by Crippen LogP contribution is 2.39. The van der Waals surface area contributed by atoms with E-state index in [1.54, 1.807) is 11.3 Å². The van der Waals surface area contributed by atoms with Crippen molar-refractivity contribution in [3.63, 3.8) is 0 Å². The third-order valence-corrected chi connectivity index (χ3v) is 6.72. The first-order chi connectivity index (χ1) is 12.0. The number of nitrogens with one attached hydrogen (secondary N) is 2. The van der Waals surface area contributed by atoms with Gasteiger partial charge in [0.15, 0.2) is 6.54 Å². The van der Waals surface area contributed by atoms with E-state index in [1.807, 2.05) is 0 Å². The number of carbonyl (C=O) groups is 2. The van der Waals surface area contributed by atoms with E-state index in [9.17, 15) is 9.59 Å². The molecule has 1 amide bonds. The van der Waals surface area contributed by atoms with Crippen molar-refractivity contribution >= 4 is 28.2 Å². The molecule has 1 aromatic rings. The number of hydrogen-bond acceptors (Lipinski definition) is 4. The molecule has 0 radical (unpaired) electrons. The molecule has 1 saturated heterocycles. The first-order valence-electron chi connectivity index (χ1n) is 9.34. The fourth-order valence-electron chi connectivity index (χ4n) is 3.90. The van der Waals surface area contributed by atoms with Crippen molar-refractivity contribution in [2.45, 2.75) is 46.0 Å². The van der Waals surface area contributed by atoms with Gasteiger partial charge in [-0.05, 0) is 49.5 Å². The molecular formula is C19H29N2O3S+. The van der Waals surface area contributed by atoms with Crippen molar-refractivity contribution in [3.8, 4) is 0 Å². The zero-order valence-electron chi connectivity index (χ0n) is 15.4. The lowest BCUT2D eigenvalue weighted by atomic mass is 9.88. The van der Waals surface area contributed by atoms with Crippen LogP contribution < -0.4 is 10.2 Å². The van der Waals surface area contributed by atoms with E-state index in [2.05, 4.69) is 19.2 Å². The molecule has 138 valence electrons. The van der Waals surface area contributed by atoms with E-state index in [4.69, 9.17) is 4.74 Å². The average molecular weight is 366 g/mol. The van der Waals surface area contributed by atoms with Crippen LogP contribution in [0.15, 0.2) is 0 Å². The van der Waals surface area contributed by atoms with Gasteiger partial charge >= 0.3 is 5.97 Å². The smallest absolute Gasteiger partial charge is 0.341 e. The summed E-state index contributed by atoms with van der Waals surface area (Å²) in [5, 5.41) is 3.70. The highest BCUT2D eigenvalue weighted by atomic mass is 32.1. The van der Waals surface area contributed by atoms with E-state index < -0.39 is 0 Å². The van der Waals surface area contributed by atoms with Crippen LogP contribution >= 0.6 is 11.3 Å². The maximum Gasteiger partial charge on any atom is 0.341 e. The minimum absolute atomic E-state index is 0.00125. The Morgan fingerprint density at radius 2 is 1.92 bits per heavy atom. The van der Waals surface area contributed by atoms with Gasteiger partial charge in [0.1, 0.15) is 5.00 Å². The van der Waals surface area contributed by atoms with Crippen molar-refractivity contribution in [2.75, 3.05) is 32.1 Å². The number of ether oxygens (including phenoxy) is 1. The Kier molecular flexibility index (Phi) is 5.79. The molecule has 1 aromatic heterocycles. The molecule has 25 heavy (non-hydrogen) atoms. The molecule has 2 N–H and O–H groups in total. The second-order valence-electron chi connectivity index (χ2n) is 7.70. The fraction of sp³-hybridized carbons (Fsp3) is 0.684. The van der Waals surface area contributed by atoms with Crippen LogP contribution in [0.3, 0.4) is 0 Å². The predicted octanol–water partition coefficient (Wildman–Crippen LogP) is 1.91. The number of fused-ring (bicyclic) bond motifs is 1. The zero-order chi connectivity index (χ0) is 18.0. The van der Waals surface area contributed by atoms with E-state index in [0.29, 0.717) is 23.0 Å². The van der Waals surface area contributed by atoms with Gasteiger partial charge < -0.3 is 15.0 Å². The topological polar surface area (TPSA) is 59.8 Å². The number of amides is 1. The van der Waals surface area contributed by atoms with Crippen LogP contribution in [0.1, 0.15) is 53.9 Å². The van der Waals surface area contributed by atoms with Gasteiger partial charge in [0, 0.05) is 4.88 Å². The Labute approximate surface area is 153 Å². The van der Waals surface area contributed by atoms with Gasteiger partial charge in [-0.15, -0.1) is 11.3 Å². The second-order valence-corrected chi connectivity index (χ2v) is 8.81. The first-order valence-corrected chi connectivity index (χ1v) is 10.2. The van der Waals surface area contributed by atoms with Crippen molar-refractivity contribution < 1.29 is 19.2 Å². The van der Waals surface area contributed by atoms with Crippen LogP contribution in [0.4, 0.5) is 5.00 Å². The molecule has 1 fully saturated rings. The molecule has 0 saturated carbocycles. The van der Waals surface area contributed by atoms with Crippen LogP contribution in [0.2, 0.25) is 0 Å². The normalized spacial score (nSPS) is 26.0. The van der Waals surface area contributed by atoms with E-state index >= 15 is 0 Å². The molecule has 6 heteroatoms. The summed E-state index contributed by atoms with van der Waals surface area (Å²) >= 11 is 1.56. The lowest BCUT2D eigenvalue weighted by Gasteiger charge is -2.26. The van der Waals surface area contributed by atoms with Crippen LogP contribution in [-0.2, 0) is 22.4 Å². The highest BCUT2D eigenvalue weighted by molar-refractivity contribution is 7.17. The first kappa shape index (κ1) is 18.4. The van der Waals surface area contributed by atoms with Gasteiger partial charge in [-0.3, -0.25) is 4.79 Å². The van der Waals surface area contributed by atoms with Crippen LogP contribution in [0, 0.1) is 11.8 Å². The number of thiophene rings is 1. The third-order valence-electron chi connectivity index (χ3n) is 5.55. The van der Waals surface area contributed by atoms with Gasteiger partial charge in [-0.1, -0.05) is 13.8 Å². The number of piperidine rings is 1. The summed E-state index contributed by atoms with van der Waals surface area (Å²) in [5.41, 5.74) is 1.68. The molecule has 0 aromatic carbocycles. The number of anilines is 1. The Balaban J connectivity index is 1.73. The maximum atomic E-state index is 12.5. The quantitative estimate of drug-likeness (QED) is 0.802. The Morgan fingerprint density at radius 1 is 1.20 bits per heavy atom. The fourth-order valence-corrected chi connectivity index (χ4v) is 5.32. The minimum atomic E-state index is -0.332. The summed E-state index contributed by atoms with van der Waals surface area (Å²) in [7, 11) is 1.41. The number of likely N-dealkylation sites (tertiary alicyclic amines) is 1. The summed E-state index contributed by atoms with van der Waals surface area (Å²) < 4.78 is 4.98. The zero-order valence-corrected chi connectivity index (χ0v) is 16.3. The summed E-state index contributed by atoms with van der Waals surface area (Å²) in [6.45, 7) is 7.09. The number of rotatable bonds is 4. The molecule has 0 unspecified atom stereocenters. The van der Waals surface area contributed by atoms with Crippen LogP contribution in [0.25, 0.3) is 0 Å². The van der Waals surface area contributed by atoms with E-state index in [-0.39, 0.29) is 11.9 Å². The highest BCUT2D eigenvalue weighted by Gasteiger charge is 2.29. The van der Waals surface area contributed by atoms with E-state index in [1.165, 1.54) is 29.7 Å². The molecule has 1 aliphatic heterocycles. The Bertz CT molecular complexity index is 647. The Morgan fingerprint density at radius 3 is 2.60 bits per heavy atom. The van der Waals surface area contributed by atoms with Gasteiger partial charge in [-0.2, -0.15) is 0 Å². The molecule has 2 heterocycles. The average Bonchev–Trinajstić information content (AvgIpc) is 2.92. The maximum absolute atomic E-state index is 12.5. The molecule has 1 atom stereocenters. The monoisotopic (exact) mass is 365 g/mol. The van der Waals surface area contributed by atoms with Crippen molar-refractivity contribution in [1.82, 2.24) is 0 Å². The summed E-state index contributed by atoms with van der Waals surface area (Å²) in [4.78, 5) is 27.4.